The molecule has 1 atom stereocenters. The standard InChI is InChI=1S/C23H26FN5O4S/c1-12(11-26-13(2)25-4)21(31)28-7-5-27(6-8-28)18-10-17-15(9-16(18)24)20(30)19(23(32)33)22-29(17)14(3)34-22/h9-11,14,25-26H,2,5-8H2,1,3-4H3,(H,32,33)/b12-11+. The van der Waals surface area contributed by atoms with Crippen molar-refractivity contribution in [2.45, 2.75) is 24.2 Å². The zero-order valence-electron chi connectivity index (χ0n) is 19.1. The molecular weight excluding hydrogens is 461 g/mol. The monoisotopic (exact) mass is 487 g/mol. The van der Waals surface area contributed by atoms with Gasteiger partial charge in [-0.1, -0.05) is 18.3 Å². The van der Waals surface area contributed by atoms with E-state index >= 15 is 4.39 Å². The lowest BCUT2D eigenvalue weighted by atomic mass is 10.1. The Labute approximate surface area is 199 Å². The van der Waals surface area contributed by atoms with Crippen LogP contribution in [0, 0.1) is 5.82 Å². The van der Waals surface area contributed by atoms with Crippen LogP contribution in [0.2, 0.25) is 0 Å². The molecule has 0 spiro atoms. The van der Waals surface area contributed by atoms with Gasteiger partial charge >= 0.3 is 5.97 Å². The molecule has 2 aliphatic rings. The Balaban J connectivity index is 1.58. The van der Waals surface area contributed by atoms with E-state index in [0.717, 1.165) is 6.07 Å². The van der Waals surface area contributed by atoms with Crippen LogP contribution in [0.4, 0.5) is 10.1 Å². The summed E-state index contributed by atoms with van der Waals surface area (Å²) in [6.07, 6.45) is 1.59. The Morgan fingerprint density at radius 2 is 1.94 bits per heavy atom. The van der Waals surface area contributed by atoms with Crippen molar-refractivity contribution in [2.24, 2.45) is 0 Å². The van der Waals surface area contributed by atoms with E-state index in [1.54, 1.807) is 35.7 Å². The van der Waals surface area contributed by atoms with Crippen LogP contribution >= 0.6 is 11.8 Å². The summed E-state index contributed by atoms with van der Waals surface area (Å²) in [7, 11) is 1.72. The summed E-state index contributed by atoms with van der Waals surface area (Å²) in [6.45, 7) is 9.03. The van der Waals surface area contributed by atoms with Crippen molar-refractivity contribution in [3.63, 3.8) is 0 Å². The molecule has 1 amide bonds. The fourth-order valence-electron chi connectivity index (χ4n) is 4.20. The summed E-state index contributed by atoms with van der Waals surface area (Å²) in [4.78, 5) is 40.7. The summed E-state index contributed by atoms with van der Waals surface area (Å²) >= 11 is 1.31. The Kier molecular flexibility index (Phi) is 6.30. The normalized spacial score (nSPS) is 17.8. The minimum Gasteiger partial charge on any atom is -0.477 e. The van der Waals surface area contributed by atoms with Crippen molar-refractivity contribution >= 4 is 40.2 Å². The van der Waals surface area contributed by atoms with E-state index in [-0.39, 0.29) is 22.2 Å². The van der Waals surface area contributed by atoms with Gasteiger partial charge in [-0.15, -0.1) is 0 Å². The first kappa shape index (κ1) is 23.7. The highest BCUT2D eigenvalue weighted by molar-refractivity contribution is 8.00. The number of nitrogens with zero attached hydrogens (tertiary/aromatic N) is 3. The molecule has 11 heteroatoms. The molecule has 2 aliphatic heterocycles. The number of aromatic nitrogens is 1. The van der Waals surface area contributed by atoms with Crippen LogP contribution in [-0.4, -0.2) is 59.7 Å². The molecule has 3 heterocycles. The Hall–Kier alpha value is -3.47. The van der Waals surface area contributed by atoms with Gasteiger partial charge in [0.15, 0.2) is 0 Å². The van der Waals surface area contributed by atoms with Gasteiger partial charge in [0.1, 0.15) is 11.4 Å². The number of carbonyl (C=O) groups excluding carboxylic acids is 1. The molecule has 1 unspecified atom stereocenters. The first-order valence-electron chi connectivity index (χ1n) is 10.8. The number of carboxylic acid groups (broad SMARTS) is 1. The predicted molar refractivity (Wildman–Crippen MR) is 130 cm³/mol. The number of aromatic carboxylic acids is 1. The molecule has 3 N–H and O–H groups in total. The minimum atomic E-state index is -1.31. The van der Waals surface area contributed by atoms with Gasteiger partial charge in [-0.3, -0.25) is 9.59 Å². The molecule has 34 heavy (non-hydrogen) atoms. The summed E-state index contributed by atoms with van der Waals surface area (Å²) in [6, 6.07) is 2.75. The number of rotatable bonds is 6. The molecule has 1 fully saturated rings. The summed E-state index contributed by atoms with van der Waals surface area (Å²) in [5.74, 6) is -1.45. The average molecular weight is 488 g/mol. The molecule has 1 aromatic heterocycles. The molecular formula is C23H26FN5O4S. The second kappa shape index (κ2) is 9.05. The van der Waals surface area contributed by atoms with E-state index in [0.29, 0.717) is 53.8 Å². The van der Waals surface area contributed by atoms with Crippen LogP contribution in [0.1, 0.15) is 29.6 Å². The molecule has 1 saturated heterocycles. The van der Waals surface area contributed by atoms with E-state index in [1.807, 2.05) is 11.8 Å². The molecule has 180 valence electrons. The van der Waals surface area contributed by atoms with Gasteiger partial charge in [0, 0.05) is 50.4 Å². The smallest absolute Gasteiger partial charge is 0.342 e. The molecule has 4 rings (SSSR count). The number of pyridine rings is 1. The van der Waals surface area contributed by atoms with E-state index in [9.17, 15) is 19.5 Å². The number of anilines is 1. The quantitative estimate of drug-likeness (QED) is 0.533. The number of benzene rings is 1. The van der Waals surface area contributed by atoms with E-state index < -0.39 is 17.2 Å². The topological polar surface area (TPSA) is 107 Å². The molecule has 0 saturated carbocycles. The lowest BCUT2D eigenvalue weighted by molar-refractivity contribution is -0.127. The highest BCUT2D eigenvalue weighted by Gasteiger charge is 2.33. The first-order chi connectivity index (χ1) is 16.1. The van der Waals surface area contributed by atoms with Gasteiger partial charge < -0.3 is 30.1 Å². The third-order valence-electron chi connectivity index (χ3n) is 6.10. The zero-order valence-corrected chi connectivity index (χ0v) is 20.0. The summed E-state index contributed by atoms with van der Waals surface area (Å²) < 4.78 is 16.9. The maximum Gasteiger partial charge on any atom is 0.342 e. The number of thioether (sulfide) groups is 1. The van der Waals surface area contributed by atoms with Crippen LogP contribution in [0.25, 0.3) is 10.9 Å². The maximum absolute atomic E-state index is 15.1. The van der Waals surface area contributed by atoms with Crippen LogP contribution in [0.5, 0.6) is 0 Å². The van der Waals surface area contributed by atoms with Crippen molar-refractivity contribution in [1.82, 2.24) is 20.1 Å². The zero-order chi connectivity index (χ0) is 24.7. The minimum absolute atomic E-state index is 0.0554. The molecule has 0 aliphatic carbocycles. The van der Waals surface area contributed by atoms with Crippen molar-refractivity contribution in [3.05, 3.63) is 57.9 Å². The number of halogens is 1. The third kappa shape index (κ3) is 4.00. The summed E-state index contributed by atoms with van der Waals surface area (Å²) in [5.41, 5.74) is 0.388. The van der Waals surface area contributed by atoms with Crippen molar-refractivity contribution in [3.8, 4) is 0 Å². The number of carboxylic acids is 1. The van der Waals surface area contributed by atoms with Crippen molar-refractivity contribution < 1.29 is 19.1 Å². The van der Waals surface area contributed by atoms with Gasteiger partial charge in [0.05, 0.1) is 27.4 Å². The lowest BCUT2D eigenvalue weighted by Crippen LogP contribution is -2.49. The fourth-order valence-corrected chi connectivity index (χ4v) is 5.35. The second-order valence-corrected chi connectivity index (χ2v) is 9.51. The summed E-state index contributed by atoms with van der Waals surface area (Å²) in [5, 5.41) is 15.6. The van der Waals surface area contributed by atoms with E-state index in [2.05, 4.69) is 17.2 Å². The largest absolute Gasteiger partial charge is 0.477 e. The first-order valence-corrected chi connectivity index (χ1v) is 11.7. The van der Waals surface area contributed by atoms with E-state index in [4.69, 9.17) is 0 Å². The Morgan fingerprint density at radius 1 is 1.26 bits per heavy atom. The van der Waals surface area contributed by atoms with E-state index in [1.165, 1.54) is 11.8 Å². The average Bonchev–Trinajstić information content (AvgIpc) is 2.81. The number of amides is 1. The van der Waals surface area contributed by atoms with Crippen LogP contribution in [-0.2, 0) is 4.79 Å². The maximum atomic E-state index is 15.1. The van der Waals surface area contributed by atoms with Gasteiger partial charge in [-0.05, 0) is 26.0 Å². The molecule has 1 aromatic carbocycles. The lowest BCUT2D eigenvalue weighted by Gasteiger charge is -2.37. The van der Waals surface area contributed by atoms with Gasteiger partial charge in [-0.25, -0.2) is 9.18 Å². The van der Waals surface area contributed by atoms with Gasteiger partial charge in [-0.2, -0.15) is 0 Å². The Morgan fingerprint density at radius 3 is 2.53 bits per heavy atom. The second-order valence-electron chi connectivity index (χ2n) is 8.20. The number of carbonyl (C=O) groups is 2. The van der Waals surface area contributed by atoms with Gasteiger partial charge in [0.2, 0.25) is 5.43 Å². The number of hydrogen-bond acceptors (Lipinski definition) is 7. The van der Waals surface area contributed by atoms with Crippen LogP contribution in [0.15, 0.2) is 46.1 Å². The SMILES string of the molecule is C=C(NC)N/C=C(\C)C(=O)N1CCN(c2cc3c(cc2F)c(=O)c(C(=O)O)c2n3C(C)S2)CC1. The van der Waals surface area contributed by atoms with Gasteiger partial charge in [0.25, 0.3) is 5.91 Å². The van der Waals surface area contributed by atoms with Crippen molar-refractivity contribution in [1.29, 1.82) is 0 Å². The molecule has 0 bridgehead atoms. The highest BCUT2D eigenvalue weighted by Crippen LogP contribution is 2.46. The highest BCUT2D eigenvalue weighted by atomic mass is 32.2. The number of nitrogens with one attached hydrogen (secondary N) is 2. The Bertz CT molecular complexity index is 1300. The number of fused-ring (bicyclic) bond motifs is 3. The third-order valence-corrected chi connectivity index (χ3v) is 7.27. The van der Waals surface area contributed by atoms with Crippen LogP contribution in [0.3, 0.4) is 0 Å². The molecule has 0 radical (unpaired) electrons. The molecule has 2 aromatic rings. The number of hydrogen-bond donors (Lipinski definition) is 3. The number of piperazine rings is 1. The predicted octanol–water partition coefficient (Wildman–Crippen LogP) is 2.30. The van der Waals surface area contributed by atoms with Crippen molar-refractivity contribution in [2.75, 3.05) is 38.1 Å². The molecule has 9 nitrogen and oxygen atoms in total. The van der Waals surface area contributed by atoms with Crippen LogP contribution < -0.4 is 21.0 Å². The fraction of sp³-hybridized carbons (Fsp3) is 0.348.